The molecule has 176 valence electrons. The number of ether oxygens (including phenoxy) is 2. The molecule has 6 heteroatoms. The monoisotopic (exact) mass is 457 g/mol. The van der Waals surface area contributed by atoms with Gasteiger partial charge in [0.1, 0.15) is 17.6 Å². The number of hydrogen-bond donors (Lipinski definition) is 1. The molecule has 2 saturated heterocycles. The number of fused-ring (bicyclic) bond motifs is 2. The van der Waals surface area contributed by atoms with Gasteiger partial charge in [-0.2, -0.15) is 0 Å². The molecule has 0 radical (unpaired) electrons. The zero-order valence-electron chi connectivity index (χ0n) is 19.7. The molecule has 2 aromatic carbocycles. The molecule has 34 heavy (non-hydrogen) atoms. The van der Waals surface area contributed by atoms with E-state index in [9.17, 15) is 4.79 Å². The van der Waals surface area contributed by atoms with Gasteiger partial charge in [-0.3, -0.25) is 9.78 Å². The van der Waals surface area contributed by atoms with Crippen molar-refractivity contribution in [3.63, 3.8) is 0 Å². The average molecular weight is 458 g/mol. The first kappa shape index (κ1) is 22.4. The highest BCUT2D eigenvalue weighted by Crippen LogP contribution is 2.36. The van der Waals surface area contributed by atoms with Gasteiger partial charge >= 0.3 is 0 Å². The second-order valence-electron chi connectivity index (χ2n) is 9.25. The summed E-state index contributed by atoms with van der Waals surface area (Å²) in [5.74, 6) is 1.53. The number of pyridine rings is 1. The minimum Gasteiger partial charge on any atom is -0.497 e. The predicted molar refractivity (Wildman–Crippen MR) is 132 cm³/mol. The van der Waals surface area contributed by atoms with E-state index in [0.29, 0.717) is 24.2 Å². The second kappa shape index (κ2) is 9.85. The summed E-state index contributed by atoms with van der Waals surface area (Å²) in [6.45, 7) is 0.439. The van der Waals surface area contributed by atoms with Gasteiger partial charge in [0, 0.05) is 30.4 Å². The van der Waals surface area contributed by atoms with Crippen LogP contribution in [0.5, 0.6) is 11.5 Å². The normalized spacial score (nSPS) is 21.8. The third kappa shape index (κ3) is 4.92. The number of nitrogens with one attached hydrogen (secondary N) is 1. The summed E-state index contributed by atoms with van der Waals surface area (Å²) in [5, 5.41) is 2.99. The van der Waals surface area contributed by atoms with Crippen molar-refractivity contribution in [1.82, 2.24) is 15.2 Å². The van der Waals surface area contributed by atoms with Crippen LogP contribution in [0, 0.1) is 0 Å². The van der Waals surface area contributed by atoms with E-state index < -0.39 is 0 Å². The maximum Gasteiger partial charge on any atom is 0.253 e. The maximum absolute atomic E-state index is 12.7. The number of rotatable bonds is 7. The van der Waals surface area contributed by atoms with Crippen molar-refractivity contribution in [3.05, 3.63) is 78.0 Å². The summed E-state index contributed by atoms with van der Waals surface area (Å²) in [7, 11) is 3.88. The Hall–Kier alpha value is -3.38. The molecular weight excluding hydrogens is 426 g/mol. The molecule has 2 aliphatic heterocycles. The Morgan fingerprint density at radius 1 is 1.03 bits per heavy atom. The molecule has 2 bridgehead atoms. The number of nitrogens with zero attached hydrogens (tertiary/aromatic N) is 2. The fourth-order valence-corrected chi connectivity index (χ4v) is 5.12. The highest BCUT2D eigenvalue weighted by Gasteiger charge is 2.39. The molecule has 6 nitrogen and oxygen atoms in total. The van der Waals surface area contributed by atoms with Gasteiger partial charge < -0.3 is 19.7 Å². The number of hydrogen-bond acceptors (Lipinski definition) is 5. The molecular formula is C28H31N3O3. The molecule has 5 rings (SSSR count). The van der Waals surface area contributed by atoms with Crippen molar-refractivity contribution in [2.75, 3.05) is 14.2 Å². The van der Waals surface area contributed by atoms with Gasteiger partial charge in [-0.1, -0.05) is 12.1 Å². The number of methoxy groups -OCH3 is 1. The third-order valence-electron chi connectivity index (χ3n) is 7.12. The Labute approximate surface area is 200 Å². The molecule has 1 aromatic heterocycles. The minimum atomic E-state index is -0.146. The topological polar surface area (TPSA) is 63.7 Å². The van der Waals surface area contributed by atoms with Crippen LogP contribution in [-0.4, -0.2) is 48.1 Å². The van der Waals surface area contributed by atoms with Gasteiger partial charge in [0.2, 0.25) is 0 Å². The van der Waals surface area contributed by atoms with Crippen molar-refractivity contribution in [2.45, 2.75) is 50.4 Å². The van der Waals surface area contributed by atoms with Crippen LogP contribution in [0.2, 0.25) is 0 Å². The van der Waals surface area contributed by atoms with Gasteiger partial charge in [0.25, 0.3) is 5.91 Å². The van der Waals surface area contributed by atoms with Crippen molar-refractivity contribution in [3.8, 4) is 22.8 Å². The van der Waals surface area contributed by atoms with Crippen molar-refractivity contribution in [1.29, 1.82) is 0 Å². The van der Waals surface area contributed by atoms with Crippen molar-refractivity contribution in [2.24, 2.45) is 0 Å². The Kier molecular flexibility index (Phi) is 6.50. The highest BCUT2D eigenvalue weighted by atomic mass is 16.5. The van der Waals surface area contributed by atoms with Crippen LogP contribution >= 0.6 is 0 Å². The van der Waals surface area contributed by atoms with Gasteiger partial charge in [-0.25, -0.2) is 0 Å². The van der Waals surface area contributed by atoms with Gasteiger partial charge in [-0.05, 0) is 86.8 Å². The maximum atomic E-state index is 12.7. The molecule has 0 saturated carbocycles. The third-order valence-corrected chi connectivity index (χ3v) is 7.12. The summed E-state index contributed by atoms with van der Waals surface area (Å²) < 4.78 is 11.5. The number of carbonyl (C=O) groups excluding carboxylic acids is 1. The number of piperidine rings is 1. The van der Waals surface area contributed by atoms with Crippen LogP contribution in [0.4, 0.5) is 0 Å². The zero-order chi connectivity index (χ0) is 23.5. The molecule has 1 N–H and O–H groups in total. The Morgan fingerprint density at radius 3 is 2.47 bits per heavy atom. The van der Waals surface area contributed by atoms with Crippen molar-refractivity contribution >= 4 is 5.91 Å². The molecule has 3 aromatic rings. The SMILES string of the molecule is COc1ccc(-c2ccc(C(=O)NCc3cccc(O[C@@H]4C[C@H]5CC[C@@H](C4)N5C)c3)cn2)cc1. The summed E-state index contributed by atoms with van der Waals surface area (Å²) >= 11 is 0. The number of carbonyl (C=O) groups is 1. The molecule has 2 aliphatic rings. The number of aromatic nitrogens is 1. The van der Waals surface area contributed by atoms with Gasteiger partial charge in [0.15, 0.2) is 0 Å². The summed E-state index contributed by atoms with van der Waals surface area (Å²) in [4.78, 5) is 19.6. The first-order valence-corrected chi connectivity index (χ1v) is 12.0. The van der Waals surface area contributed by atoms with Crippen LogP contribution in [0.15, 0.2) is 66.9 Å². The first-order valence-electron chi connectivity index (χ1n) is 12.0. The van der Waals surface area contributed by atoms with Crippen LogP contribution in [0.3, 0.4) is 0 Å². The molecule has 3 heterocycles. The summed E-state index contributed by atoms with van der Waals surface area (Å²) in [5.41, 5.74) is 3.34. The van der Waals surface area contributed by atoms with Crippen molar-refractivity contribution < 1.29 is 14.3 Å². The standard InChI is InChI=1S/C28H31N3O3/c1-31-22-9-10-23(31)16-26(15-22)34-25-5-3-4-19(14-25)17-30-28(32)21-8-13-27(29-18-21)20-6-11-24(33-2)12-7-20/h3-8,11-14,18,22-23,26H,9-10,15-17H2,1-2H3,(H,30,32)/t22-,23+,26-. The number of benzene rings is 2. The van der Waals surface area contributed by atoms with E-state index in [4.69, 9.17) is 9.47 Å². The largest absolute Gasteiger partial charge is 0.497 e. The van der Waals surface area contributed by atoms with E-state index in [0.717, 1.165) is 41.2 Å². The minimum absolute atomic E-state index is 0.146. The van der Waals surface area contributed by atoms with Crippen LogP contribution < -0.4 is 14.8 Å². The van der Waals surface area contributed by atoms with E-state index in [2.05, 4.69) is 22.2 Å². The fourth-order valence-electron chi connectivity index (χ4n) is 5.12. The van der Waals surface area contributed by atoms with E-state index in [1.54, 1.807) is 19.4 Å². The highest BCUT2D eigenvalue weighted by molar-refractivity contribution is 5.94. The lowest BCUT2D eigenvalue weighted by Crippen LogP contribution is -2.43. The number of amides is 1. The van der Waals surface area contributed by atoms with E-state index in [1.807, 2.05) is 54.6 Å². The van der Waals surface area contributed by atoms with Gasteiger partial charge in [-0.15, -0.1) is 0 Å². The Bertz CT molecular complexity index is 1120. The molecule has 2 fully saturated rings. The summed E-state index contributed by atoms with van der Waals surface area (Å²) in [6.07, 6.45) is 6.63. The van der Waals surface area contributed by atoms with E-state index >= 15 is 0 Å². The Morgan fingerprint density at radius 2 is 1.79 bits per heavy atom. The van der Waals surface area contributed by atoms with Crippen LogP contribution in [-0.2, 0) is 6.54 Å². The second-order valence-corrected chi connectivity index (χ2v) is 9.25. The molecule has 0 spiro atoms. The van der Waals surface area contributed by atoms with Crippen LogP contribution in [0.1, 0.15) is 41.6 Å². The zero-order valence-corrected chi connectivity index (χ0v) is 19.7. The summed E-state index contributed by atoms with van der Waals surface area (Å²) in [6, 6.07) is 20.7. The molecule has 3 atom stereocenters. The smallest absolute Gasteiger partial charge is 0.253 e. The van der Waals surface area contributed by atoms with Crippen LogP contribution in [0.25, 0.3) is 11.3 Å². The lowest BCUT2D eigenvalue weighted by molar-refractivity contribution is 0.0661. The predicted octanol–water partition coefficient (Wildman–Crippen LogP) is 4.69. The molecule has 0 aliphatic carbocycles. The lowest BCUT2D eigenvalue weighted by atomic mass is 10.0. The molecule has 1 amide bonds. The Balaban J connectivity index is 1.16. The molecule has 0 unspecified atom stereocenters. The van der Waals surface area contributed by atoms with E-state index in [1.165, 1.54) is 12.8 Å². The van der Waals surface area contributed by atoms with E-state index in [-0.39, 0.29) is 12.0 Å². The van der Waals surface area contributed by atoms with Gasteiger partial charge in [0.05, 0.1) is 18.4 Å². The quantitative estimate of drug-likeness (QED) is 0.558. The fraction of sp³-hybridized carbons (Fsp3) is 0.357. The first-order chi connectivity index (χ1) is 16.6. The lowest BCUT2D eigenvalue weighted by Gasteiger charge is -2.36. The average Bonchev–Trinajstić information content (AvgIpc) is 3.07.